The average Bonchev–Trinajstić information content (AvgIpc) is 2.86. The Hall–Kier alpha value is -3.96. The molecule has 5 unspecified atom stereocenters. The Morgan fingerprint density at radius 1 is 0.763 bits per heavy atom. The van der Waals surface area contributed by atoms with Crippen molar-refractivity contribution in [1.29, 1.82) is 0 Å². The number of amides is 3. The number of phenolic OH excluding ortho intramolecular Hbond substituents is 1. The monoisotopic (exact) mass is 528 g/mol. The van der Waals surface area contributed by atoms with Crippen LogP contribution in [0.1, 0.15) is 31.9 Å². The quantitative estimate of drug-likeness (QED) is 0.190. The number of aliphatic hydroxyl groups excluding tert-OH is 1. The van der Waals surface area contributed by atoms with Crippen molar-refractivity contribution in [3.8, 4) is 5.75 Å². The molecular formula is C27H36N4O7. The van der Waals surface area contributed by atoms with E-state index in [1.54, 1.807) is 13.8 Å². The van der Waals surface area contributed by atoms with Crippen LogP contribution in [0.25, 0.3) is 0 Å². The minimum absolute atomic E-state index is 0.00867. The van der Waals surface area contributed by atoms with Gasteiger partial charge in [-0.15, -0.1) is 0 Å². The highest BCUT2D eigenvalue weighted by atomic mass is 16.4. The first-order valence-corrected chi connectivity index (χ1v) is 12.3. The van der Waals surface area contributed by atoms with Crippen molar-refractivity contribution in [2.24, 2.45) is 11.7 Å². The second kappa shape index (κ2) is 14.1. The third-order valence-electron chi connectivity index (χ3n) is 5.94. The topological polar surface area (TPSA) is 191 Å². The summed E-state index contributed by atoms with van der Waals surface area (Å²) in [6, 6.07) is 10.1. The lowest BCUT2D eigenvalue weighted by atomic mass is 10.00. The molecular weight excluding hydrogens is 492 g/mol. The summed E-state index contributed by atoms with van der Waals surface area (Å²) in [5, 5.41) is 36.6. The number of benzene rings is 2. The van der Waals surface area contributed by atoms with Crippen molar-refractivity contribution in [1.82, 2.24) is 16.0 Å². The van der Waals surface area contributed by atoms with Crippen molar-refractivity contribution in [3.05, 3.63) is 65.7 Å². The van der Waals surface area contributed by atoms with Crippen molar-refractivity contribution < 1.29 is 34.5 Å². The maximum absolute atomic E-state index is 13.1. The number of rotatable bonds is 13. The van der Waals surface area contributed by atoms with Gasteiger partial charge in [-0.05, 0) is 42.5 Å². The van der Waals surface area contributed by atoms with Gasteiger partial charge in [-0.2, -0.15) is 0 Å². The highest BCUT2D eigenvalue weighted by molar-refractivity contribution is 5.94. The smallest absolute Gasteiger partial charge is 0.326 e. The largest absolute Gasteiger partial charge is 0.508 e. The highest BCUT2D eigenvalue weighted by Crippen LogP contribution is 2.12. The lowest BCUT2D eigenvalue weighted by Crippen LogP contribution is -2.61. The number of aliphatic carboxylic acids is 1. The molecule has 0 aliphatic heterocycles. The van der Waals surface area contributed by atoms with Crippen LogP contribution in [0, 0.1) is 5.92 Å². The van der Waals surface area contributed by atoms with Gasteiger partial charge in [0.25, 0.3) is 0 Å². The fourth-order valence-electron chi connectivity index (χ4n) is 3.73. The molecule has 0 aromatic heterocycles. The summed E-state index contributed by atoms with van der Waals surface area (Å²) in [5.41, 5.74) is 7.43. The molecule has 2 aromatic carbocycles. The summed E-state index contributed by atoms with van der Waals surface area (Å²) in [6.07, 6.45) is -1.20. The molecule has 3 amide bonds. The predicted molar refractivity (Wildman–Crippen MR) is 140 cm³/mol. The Morgan fingerprint density at radius 2 is 1.29 bits per heavy atom. The van der Waals surface area contributed by atoms with Gasteiger partial charge in [-0.1, -0.05) is 56.3 Å². The molecule has 2 aromatic rings. The molecule has 0 fully saturated rings. The molecule has 0 saturated heterocycles. The van der Waals surface area contributed by atoms with Gasteiger partial charge in [-0.3, -0.25) is 14.4 Å². The van der Waals surface area contributed by atoms with Gasteiger partial charge >= 0.3 is 5.97 Å². The van der Waals surface area contributed by atoms with Crippen LogP contribution < -0.4 is 21.7 Å². The van der Waals surface area contributed by atoms with Crippen molar-refractivity contribution >= 4 is 23.7 Å². The Bertz CT molecular complexity index is 1090. The number of hydrogen-bond donors (Lipinski definition) is 7. The second-order valence-electron chi connectivity index (χ2n) is 9.52. The zero-order chi connectivity index (χ0) is 28.4. The number of phenols is 1. The van der Waals surface area contributed by atoms with Crippen molar-refractivity contribution in [2.75, 3.05) is 0 Å². The van der Waals surface area contributed by atoms with Gasteiger partial charge in [0.2, 0.25) is 17.7 Å². The van der Waals surface area contributed by atoms with Crippen LogP contribution in [0.5, 0.6) is 5.75 Å². The van der Waals surface area contributed by atoms with Gasteiger partial charge in [0, 0.05) is 6.42 Å². The van der Waals surface area contributed by atoms with E-state index in [2.05, 4.69) is 16.0 Å². The van der Waals surface area contributed by atoms with E-state index >= 15 is 0 Å². The van der Waals surface area contributed by atoms with E-state index in [1.807, 2.05) is 30.3 Å². The first-order valence-electron chi connectivity index (χ1n) is 12.3. The Labute approximate surface area is 221 Å². The number of hydrogen-bond acceptors (Lipinski definition) is 7. The van der Waals surface area contributed by atoms with E-state index in [-0.39, 0.29) is 24.5 Å². The zero-order valence-electron chi connectivity index (χ0n) is 21.6. The number of nitrogens with two attached hydrogens (primary N) is 1. The third kappa shape index (κ3) is 9.16. The predicted octanol–water partition coefficient (Wildman–Crippen LogP) is 0.0805. The Kier molecular flexibility index (Phi) is 11.2. The SMILES string of the molecule is CC(C)C(NC(=O)C(N)Cc1ccccc1)C(=O)NC(C(=O)NC(Cc1ccc(O)cc1)C(=O)O)C(C)O. The number of aromatic hydroxyl groups is 1. The highest BCUT2D eigenvalue weighted by Gasteiger charge is 2.33. The number of aliphatic hydroxyl groups is 1. The standard InChI is InChI=1S/C27H36N4O7/c1-15(2)22(30-24(34)20(28)13-17-7-5-4-6-8-17)25(35)31-23(16(3)32)26(36)29-21(27(37)38)14-18-9-11-19(33)12-10-18/h4-12,15-16,20-23,32-33H,13-14,28H2,1-3H3,(H,29,36)(H,30,34)(H,31,35)(H,37,38). The summed E-state index contributed by atoms with van der Waals surface area (Å²) in [7, 11) is 0. The van der Waals surface area contributed by atoms with E-state index in [0.29, 0.717) is 5.56 Å². The van der Waals surface area contributed by atoms with Gasteiger partial charge in [0.15, 0.2) is 0 Å². The molecule has 0 heterocycles. The van der Waals surface area contributed by atoms with Gasteiger partial charge < -0.3 is 37.0 Å². The molecule has 11 heteroatoms. The molecule has 0 spiro atoms. The minimum atomic E-state index is -1.49. The maximum atomic E-state index is 13.1. The number of carbonyl (C=O) groups is 4. The molecule has 0 saturated carbocycles. The van der Waals surface area contributed by atoms with Gasteiger partial charge in [0.1, 0.15) is 23.9 Å². The fourth-order valence-corrected chi connectivity index (χ4v) is 3.73. The van der Waals surface area contributed by atoms with Crippen molar-refractivity contribution in [3.63, 3.8) is 0 Å². The molecule has 38 heavy (non-hydrogen) atoms. The molecule has 0 aliphatic rings. The lowest BCUT2D eigenvalue weighted by molar-refractivity contribution is -0.143. The first-order chi connectivity index (χ1) is 17.9. The maximum Gasteiger partial charge on any atom is 0.326 e. The lowest BCUT2D eigenvalue weighted by Gasteiger charge is -2.28. The summed E-state index contributed by atoms with van der Waals surface area (Å²) in [4.78, 5) is 50.4. The second-order valence-corrected chi connectivity index (χ2v) is 9.52. The molecule has 2 rings (SSSR count). The summed E-state index contributed by atoms with van der Waals surface area (Å²) in [5.74, 6) is -3.89. The fraction of sp³-hybridized carbons (Fsp3) is 0.407. The number of carboxylic acids is 1. The molecule has 0 bridgehead atoms. The molecule has 0 aliphatic carbocycles. The summed E-state index contributed by atoms with van der Waals surface area (Å²) >= 11 is 0. The van der Waals surface area contributed by atoms with Crippen LogP contribution in [0.4, 0.5) is 0 Å². The van der Waals surface area contributed by atoms with Gasteiger partial charge in [0.05, 0.1) is 12.1 Å². The zero-order valence-corrected chi connectivity index (χ0v) is 21.6. The van der Waals surface area contributed by atoms with Crippen LogP contribution in [-0.4, -0.2) is 69.3 Å². The van der Waals surface area contributed by atoms with Crippen LogP contribution in [0.15, 0.2) is 54.6 Å². The van der Waals surface area contributed by atoms with E-state index in [4.69, 9.17) is 5.73 Å². The van der Waals surface area contributed by atoms with Gasteiger partial charge in [-0.25, -0.2) is 4.79 Å². The van der Waals surface area contributed by atoms with E-state index in [9.17, 15) is 34.5 Å². The molecule has 11 nitrogen and oxygen atoms in total. The number of nitrogens with one attached hydrogen (secondary N) is 3. The molecule has 8 N–H and O–H groups in total. The number of carboxylic acid groups (broad SMARTS) is 1. The number of carbonyl (C=O) groups excluding carboxylic acids is 3. The molecule has 0 radical (unpaired) electrons. The van der Waals surface area contributed by atoms with E-state index < -0.39 is 54.0 Å². The third-order valence-corrected chi connectivity index (χ3v) is 5.94. The van der Waals surface area contributed by atoms with Crippen LogP contribution in [0.3, 0.4) is 0 Å². The Balaban J connectivity index is 2.07. The minimum Gasteiger partial charge on any atom is -0.508 e. The first kappa shape index (κ1) is 30.3. The van der Waals surface area contributed by atoms with Crippen LogP contribution >= 0.6 is 0 Å². The summed E-state index contributed by atoms with van der Waals surface area (Å²) < 4.78 is 0. The molecule has 5 atom stereocenters. The molecule has 206 valence electrons. The summed E-state index contributed by atoms with van der Waals surface area (Å²) in [6.45, 7) is 4.67. The van der Waals surface area contributed by atoms with Crippen molar-refractivity contribution in [2.45, 2.75) is 63.9 Å². The average molecular weight is 529 g/mol. The van der Waals surface area contributed by atoms with Crippen LogP contribution in [0.2, 0.25) is 0 Å². The Morgan fingerprint density at radius 3 is 1.82 bits per heavy atom. The normalized spacial score (nSPS) is 15.0. The van der Waals surface area contributed by atoms with E-state index in [0.717, 1.165) is 5.56 Å². The van der Waals surface area contributed by atoms with Crippen LogP contribution in [-0.2, 0) is 32.0 Å². The van der Waals surface area contributed by atoms with E-state index in [1.165, 1.54) is 31.2 Å².